The van der Waals surface area contributed by atoms with Crippen molar-refractivity contribution in [3.05, 3.63) is 333 Å². The minimum atomic E-state index is -0.367. The van der Waals surface area contributed by atoms with Gasteiger partial charge in [-0.05, 0) is 277 Å². The van der Waals surface area contributed by atoms with Crippen LogP contribution in [0.3, 0.4) is 0 Å². The van der Waals surface area contributed by atoms with E-state index in [1.807, 2.05) is 61.6 Å². The van der Waals surface area contributed by atoms with Gasteiger partial charge in [-0.15, -0.1) is 0 Å². The Morgan fingerprint density at radius 1 is 0.268 bits per heavy atom. The molecule has 9 heteroatoms. The van der Waals surface area contributed by atoms with Gasteiger partial charge in [0.1, 0.15) is 6.61 Å². The van der Waals surface area contributed by atoms with Gasteiger partial charge in [-0.25, -0.2) is 4.79 Å². The topological polar surface area (TPSA) is 130 Å². The van der Waals surface area contributed by atoms with Crippen molar-refractivity contribution < 1.29 is 9.53 Å². The minimum Gasteiger partial charge on any atom is -0.444 e. The molecule has 9 nitrogen and oxygen atoms in total. The van der Waals surface area contributed by atoms with Crippen LogP contribution in [-0.2, 0) is 91.2 Å². The fourth-order valence-corrected chi connectivity index (χ4v) is 14.4. The van der Waals surface area contributed by atoms with E-state index in [4.69, 9.17) is 4.74 Å². The number of nitrogens with zero attached hydrogens (tertiary/aromatic N) is 1. The molecule has 8 aromatic carbocycles. The summed E-state index contributed by atoms with van der Waals surface area (Å²) in [5, 5.41) is 7.88. The van der Waals surface area contributed by atoms with Crippen molar-refractivity contribution in [2.24, 2.45) is 0 Å². The number of anilines is 1. The summed E-state index contributed by atoms with van der Waals surface area (Å²) in [6.07, 6.45) is 24.6. The maximum atomic E-state index is 11.1. The number of carbonyl (C=O) groups is 1. The van der Waals surface area contributed by atoms with Crippen LogP contribution in [0.15, 0.2) is 250 Å². The number of benzene rings is 8. The first-order chi connectivity index (χ1) is 57.2. The summed E-state index contributed by atoms with van der Waals surface area (Å²) in [4.78, 5) is 31.0. The lowest BCUT2D eigenvalue weighted by Gasteiger charge is -2.23. The lowest BCUT2D eigenvalue weighted by molar-refractivity contribution is 0.151. The maximum absolute atomic E-state index is 11.1. The zero-order valence-electron chi connectivity index (χ0n) is 81.1. The second-order valence-corrected chi connectivity index (χ2v) is 43.9. The number of fused-ring (bicyclic) bond motifs is 7. The predicted molar refractivity (Wildman–Crippen MR) is 533 cm³/mol. The summed E-state index contributed by atoms with van der Waals surface area (Å²) >= 11 is 0. The number of carbonyl (C=O) groups excluding carboxylic acids is 1. The van der Waals surface area contributed by atoms with E-state index in [0.717, 1.165) is 11.3 Å². The minimum absolute atomic E-state index is 0.0953. The first-order valence-corrected chi connectivity index (χ1v) is 44.9. The van der Waals surface area contributed by atoms with E-state index >= 15 is 0 Å². The van der Waals surface area contributed by atoms with Crippen LogP contribution in [0.1, 0.15) is 310 Å². The van der Waals surface area contributed by atoms with Crippen LogP contribution in [0, 0.1) is 0 Å². The fourth-order valence-electron chi connectivity index (χ4n) is 14.4. The standard InChI is InChI=1S/C14H20.C13H18.C12H15NO2.4C12H15N.C10H14.C9H13N.C8H13N/c1-14(2,3)13-9-8-11-6-4-5-7-12(11)10-13;1-13(2,3)12-8-7-10-5-4-6-11(10)9-12;1-12(2,3)9-5-4-8-7-15-11(14)13-10(8)6-9;2*1-12(2,3)10-4-5-11-9(8-10)6-7-13-11;2*1-12(2,3)10-5-4-9-6-7-13-11(9)8-10;1-10(2,3)9-7-5-4-6-8-9;1-9(2,3)8-5-4-6-10-7-8;1-8(2,3)7-4-5-9-6-7/h8-10H,4-7H2,1-3H3;7-9H,4-6H2,1-3H3;4-6H,7H2,1-3H3,(H,13,14);4*4-8,13H,1-3H3;4-8H,1-3H3;4-7H,1-3H3;4-6,9H,1-3H3. The van der Waals surface area contributed by atoms with E-state index in [0.29, 0.717) is 28.3 Å². The molecule has 0 saturated carbocycles. The van der Waals surface area contributed by atoms with Crippen molar-refractivity contribution in [3.63, 3.8) is 0 Å². The highest BCUT2D eigenvalue weighted by Crippen LogP contribution is 2.35. The monoisotopic (exact) mass is 1650 g/mol. The van der Waals surface area contributed by atoms with Gasteiger partial charge in [0.15, 0.2) is 0 Å². The van der Waals surface area contributed by atoms with Gasteiger partial charge >= 0.3 is 6.09 Å². The fraction of sp³-hybridized carbons (Fsp3) is 0.421. The number of aromatic amines is 5. The molecule has 1 aliphatic heterocycles. The van der Waals surface area contributed by atoms with Crippen molar-refractivity contribution in [3.8, 4) is 0 Å². The Morgan fingerprint density at radius 3 is 0.984 bits per heavy atom. The van der Waals surface area contributed by atoms with Crippen LogP contribution >= 0.6 is 0 Å². The Kier molecular flexibility index (Phi) is 33.0. The van der Waals surface area contributed by atoms with Gasteiger partial charge in [0.05, 0.1) is 5.69 Å². The molecule has 3 aliphatic rings. The van der Waals surface area contributed by atoms with Crippen LogP contribution in [0.25, 0.3) is 43.6 Å². The third-order valence-corrected chi connectivity index (χ3v) is 23.1. The molecular weight excluding hydrogens is 1500 g/mol. The molecule has 6 N–H and O–H groups in total. The first kappa shape index (κ1) is 98.1. The van der Waals surface area contributed by atoms with E-state index in [9.17, 15) is 4.79 Å². The van der Waals surface area contributed by atoms with Crippen molar-refractivity contribution in [2.45, 2.75) is 313 Å². The molecule has 7 heterocycles. The summed E-state index contributed by atoms with van der Waals surface area (Å²) in [6, 6.07) is 71.8. The number of rotatable bonds is 0. The molecule has 0 bridgehead atoms. The zero-order valence-corrected chi connectivity index (χ0v) is 81.1. The molecule has 656 valence electrons. The molecule has 1 amide bonds. The number of hydrogen-bond acceptors (Lipinski definition) is 3. The highest BCUT2D eigenvalue weighted by atomic mass is 16.5. The average Bonchev–Trinajstić information content (AvgIpc) is 1.55. The van der Waals surface area contributed by atoms with Gasteiger partial charge < -0.3 is 29.7 Å². The summed E-state index contributed by atoms with van der Waals surface area (Å²) in [5.74, 6) is 0. The highest BCUT2D eigenvalue weighted by molar-refractivity contribution is 5.88. The molecule has 0 unspecified atom stereocenters. The Hall–Kier alpha value is -10.4. The number of amides is 1. The first-order valence-electron chi connectivity index (χ1n) is 44.9. The molecule has 0 spiro atoms. The van der Waals surface area contributed by atoms with Crippen LogP contribution < -0.4 is 5.32 Å². The SMILES string of the molecule is CC(C)(C)c1cc[nH]c1.CC(C)(C)c1ccc2[nH]ccc2c1.CC(C)(C)c1ccc2[nH]ccc2c1.CC(C)(C)c1ccc2c(c1)CCC2.CC(C)(C)c1ccc2c(c1)CCCC2.CC(C)(C)c1ccc2c(c1)NC(=O)OC2.CC(C)(C)c1ccc2cc[nH]c2c1.CC(C)(C)c1ccc2cc[nH]c2c1.CC(C)(C)c1ccccc1.CC(C)(C)c1cccnc1. The summed E-state index contributed by atoms with van der Waals surface area (Å²) in [6.45, 7) is 67.2. The van der Waals surface area contributed by atoms with Crippen LogP contribution in [-0.4, -0.2) is 36.0 Å². The Morgan fingerprint density at radius 2 is 0.610 bits per heavy atom. The van der Waals surface area contributed by atoms with Gasteiger partial charge in [0.2, 0.25) is 0 Å². The number of hydrogen-bond donors (Lipinski definition) is 6. The second kappa shape index (κ2) is 41.4. The molecule has 123 heavy (non-hydrogen) atoms. The van der Waals surface area contributed by atoms with Crippen molar-refractivity contribution in [1.82, 2.24) is 29.9 Å². The number of cyclic esters (lactones) is 1. The van der Waals surface area contributed by atoms with E-state index < -0.39 is 0 Å². The van der Waals surface area contributed by atoms with E-state index in [1.165, 1.54) is 144 Å². The number of aromatic nitrogens is 6. The van der Waals surface area contributed by atoms with Gasteiger partial charge in [-0.1, -0.05) is 329 Å². The largest absolute Gasteiger partial charge is 0.444 e. The van der Waals surface area contributed by atoms with Crippen molar-refractivity contribution >= 4 is 55.4 Å². The molecule has 6 aromatic heterocycles. The van der Waals surface area contributed by atoms with Crippen molar-refractivity contribution in [1.29, 1.82) is 0 Å². The Balaban J connectivity index is 0.000000170. The maximum Gasteiger partial charge on any atom is 0.411 e. The Bertz CT molecular complexity index is 5180. The number of ether oxygens (including phenoxy) is 1. The highest BCUT2D eigenvalue weighted by Gasteiger charge is 2.24. The number of nitrogens with one attached hydrogen (secondary N) is 6. The van der Waals surface area contributed by atoms with E-state index in [1.54, 1.807) is 28.5 Å². The lowest BCUT2D eigenvalue weighted by atomic mass is 9.82. The number of pyridine rings is 1. The van der Waals surface area contributed by atoms with Crippen LogP contribution in [0.4, 0.5) is 10.5 Å². The predicted octanol–water partition coefficient (Wildman–Crippen LogP) is 31.9. The molecule has 0 saturated heterocycles. The molecule has 0 radical (unpaired) electrons. The number of H-pyrrole nitrogens is 5. The van der Waals surface area contributed by atoms with E-state index in [2.05, 4.69) is 425 Å². The van der Waals surface area contributed by atoms with Gasteiger partial charge in [-0.2, -0.15) is 0 Å². The third-order valence-electron chi connectivity index (χ3n) is 23.1. The normalized spacial score (nSPS) is 13.3. The molecule has 2 aliphatic carbocycles. The third kappa shape index (κ3) is 30.5. The second-order valence-electron chi connectivity index (χ2n) is 43.9. The van der Waals surface area contributed by atoms with Crippen LogP contribution in [0.5, 0.6) is 0 Å². The molecular formula is C114H153N7O2. The lowest BCUT2D eigenvalue weighted by Crippen LogP contribution is -2.21. The number of aryl methyl sites for hydroxylation is 4. The Labute approximate surface area is 742 Å². The zero-order chi connectivity index (χ0) is 90.7. The van der Waals surface area contributed by atoms with Gasteiger partial charge in [0.25, 0.3) is 0 Å². The van der Waals surface area contributed by atoms with Gasteiger partial charge in [0, 0.05) is 77.2 Å². The molecule has 0 atom stereocenters. The molecule has 0 fully saturated rings. The quantitative estimate of drug-likeness (QED) is 0.0904. The average molecular weight is 1650 g/mol. The molecule has 17 rings (SSSR count). The summed E-state index contributed by atoms with van der Waals surface area (Å²) < 4.78 is 4.88. The van der Waals surface area contributed by atoms with Crippen LogP contribution in [0.2, 0.25) is 0 Å². The smallest absolute Gasteiger partial charge is 0.411 e. The molecule has 14 aromatic rings. The summed E-state index contributed by atoms with van der Waals surface area (Å²) in [5.41, 5.74) is 29.4. The van der Waals surface area contributed by atoms with Crippen molar-refractivity contribution in [2.75, 3.05) is 5.32 Å². The summed E-state index contributed by atoms with van der Waals surface area (Å²) in [7, 11) is 0. The van der Waals surface area contributed by atoms with Gasteiger partial charge in [-0.3, -0.25) is 10.3 Å². The van der Waals surface area contributed by atoms with E-state index in [-0.39, 0.29) is 38.6 Å².